The van der Waals surface area contributed by atoms with Gasteiger partial charge in [-0.3, -0.25) is 4.79 Å². The van der Waals surface area contributed by atoms with E-state index in [1.54, 1.807) is 23.1 Å². The van der Waals surface area contributed by atoms with Crippen LogP contribution in [0.5, 0.6) is 0 Å². The fraction of sp³-hybridized carbons (Fsp3) is 0.409. The third kappa shape index (κ3) is 4.78. The molecule has 2 aromatic heterocycles. The second-order valence-electron chi connectivity index (χ2n) is 8.51. The molecule has 1 saturated heterocycles. The number of pyridine rings is 1. The van der Waals surface area contributed by atoms with E-state index in [-0.39, 0.29) is 37.9 Å². The lowest BCUT2D eigenvalue weighted by atomic mass is 9.97. The van der Waals surface area contributed by atoms with Crippen molar-refractivity contribution in [1.29, 1.82) is 0 Å². The smallest absolute Gasteiger partial charge is 0.324 e. The highest BCUT2D eigenvalue weighted by Gasteiger charge is 2.35. The summed E-state index contributed by atoms with van der Waals surface area (Å²) in [6, 6.07) is 5.61. The summed E-state index contributed by atoms with van der Waals surface area (Å²) in [5.74, 6) is -0.685. The summed E-state index contributed by atoms with van der Waals surface area (Å²) in [7, 11) is -4.10. The Morgan fingerprint density at radius 2 is 1.85 bits per heavy atom. The van der Waals surface area contributed by atoms with Gasteiger partial charge < -0.3 is 5.32 Å². The van der Waals surface area contributed by atoms with Gasteiger partial charge in [-0.2, -0.15) is 22.6 Å². The normalized spacial score (nSPS) is 16.3. The Balaban J connectivity index is 1.40. The molecule has 182 valence electrons. The number of anilines is 1. The van der Waals surface area contributed by atoms with Gasteiger partial charge >= 0.3 is 6.18 Å². The molecule has 1 amide bonds. The molecule has 3 heterocycles. The van der Waals surface area contributed by atoms with Crippen molar-refractivity contribution in [1.82, 2.24) is 19.1 Å². The van der Waals surface area contributed by atoms with Gasteiger partial charge in [0.15, 0.2) is 5.65 Å². The predicted molar refractivity (Wildman–Crippen MR) is 119 cm³/mol. The number of carbonyl (C=O) groups excluding carboxylic acids is 1. The summed E-state index contributed by atoms with van der Waals surface area (Å²) < 4.78 is 67.5. The number of halogens is 3. The number of alkyl halides is 3. The second-order valence-corrected chi connectivity index (χ2v) is 10.5. The van der Waals surface area contributed by atoms with Gasteiger partial charge in [-0.05, 0) is 51.0 Å². The van der Waals surface area contributed by atoms with Crippen LogP contribution in [0.25, 0.3) is 11.0 Å². The van der Waals surface area contributed by atoms with Gasteiger partial charge in [-0.15, -0.1) is 0 Å². The Kier molecular flexibility index (Phi) is 6.38. The van der Waals surface area contributed by atoms with Crippen LogP contribution in [-0.2, 0) is 21.0 Å². The molecule has 0 unspecified atom stereocenters. The summed E-state index contributed by atoms with van der Waals surface area (Å²) >= 11 is 0. The third-order valence-corrected chi connectivity index (χ3v) is 7.71. The first-order chi connectivity index (χ1) is 16.0. The molecular formula is C22H24F3N5O3S. The fourth-order valence-electron chi connectivity index (χ4n) is 3.97. The zero-order valence-electron chi connectivity index (χ0n) is 18.6. The summed E-state index contributed by atoms with van der Waals surface area (Å²) in [6.45, 7) is 4.05. The number of carbonyl (C=O) groups is 1. The Morgan fingerprint density at radius 1 is 1.15 bits per heavy atom. The minimum atomic E-state index is -4.64. The first-order valence-electron chi connectivity index (χ1n) is 10.8. The molecule has 12 heteroatoms. The van der Waals surface area contributed by atoms with Crippen LogP contribution in [0.2, 0.25) is 0 Å². The number of sulfonamides is 1. The molecule has 1 N–H and O–H groups in total. The zero-order chi connectivity index (χ0) is 24.7. The van der Waals surface area contributed by atoms with Crippen molar-refractivity contribution in [2.75, 3.05) is 18.4 Å². The highest BCUT2D eigenvalue weighted by atomic mass is 32.2. The van der Waals surface area contributed by atoms with E-state index in [4.69, 9.17) is 0 Å². The molecule has 0 atom stereocenters. The summed E-state index contributed by atoms with van der Waals surface area (Å²) in [5.41, 5.74) is 0.202. The van der Waals surface area contributed by atoms with Crippen LogP contribution in [-0.4, -0.2) is 46.5 Å². The second kappa shape index (κ2) is 8.99. The number of benzene rings is 1. The molecule has 1 aliphatic heterocycles. The van der Waals surface area contributed by atoms with Crippen LogP contribution in [0.1, 0.15) is 38.3 Å². The summed E-state index contributed by atoms with van der Waals surface area (Å²) in [4.78, 5) is 16.7. The largest absolute Gasteiger partial charge is 0.416 e. The van der Waals surface area contributed by atoms with Crippen molar-refractivity contribution in [3.05, 3.63) is 48.3 Å². The molecule has 0 radical (unpaired) electrons. The van der Waals surface area contributed by atoms with E-state index in [1.165, 1.54) is 0 Å². The van der Waals surface area contributed by atoms with Crippen LogP contribution in [0.3, 0.4) is 0 Å². The Labute approximate surface area is 194 Å². The monoisotopic (exact) mass is 495 g/mol. The molecule has 0 saturated carbocycles. The Morgan fingerprint density at radius 3 is 2.50 bits per heavy atom. The number of hydrogen-bond donors (Lipinski definition) is 1. The maximum absolute atomic E-state index is 13.0. The van der Waals surface area contributed by atoms with Gasteiger partial charge in [0.05, 0.1) is 28.5 Å². The SMILES string of the molecule is CC(C)n1ncc2cc(NC(=O)C3CCN(S(=O)(=O)c4cccc(C(F)(F)F)c4)CC3)cnc21. The molecule has 1 fully saturated rings. The first-order valence-corrected chi connectivity index (χ1v) is 12.2. The van der Waals surface area contributed by atoms with Crippen molar-refractivity contribution in [3.8, 4) is 0 Å². The number of hydrogen-bond acceptors (Lipinski definition) is 5. The van der Waals surface area contributed by atoms with E-state index < -0.39 is 32.6 Å². The van der Waals surface area contributed by atoms with Crippen LogP contribution < -0.4 is 5.32 Å². The van der Waals surface area contributed by atoms with E-state index in [2.05, 4.69) is 15.4 Å². The number of rotatable bonds is 5. The highest BCUT2D eigenvalue weighted by Crippen LogP contribution is 2.32. The molecule has 1 aliphatic rings. The molecule has 3 aromatic rings. The molecule has 8 nitrogen and oxygen atoms in total. The quantitative estimate of drug-likeness (QED) is 0.576. The van der Waals surface area contributed by atoms with Gasteiger partial charge in [0.25, 0.3) is 0 Å². The van der Waals surface area contributed by atoms with Gasteiger partial charge in [-0.1, -0.05) is 6.07 Å². The molecule has 34 heavy (non-hydrogen) atoms. The van der Waals surface area contributed by atoms with E-state index in [9.17, 15) is 26.4 Å². The summed E-state index contributed by atoms with van der Waals surface area (Å²) in [5, 5.41) is 7.90. The average Bonchev–Trinajstić information content (AvgIpc) is 3.22. The van der Waals surface area contributed by atoms with Crippen LogP contribution in [0.4, 0.5) is 18.9 Å². The minimum absolute atomic E-state index is 0.0368. The molecular weight excluding hydrogens is 471 g/mol. The Hall–Kier alpha value is -2.99. The third-order valence-electron chi connectivity index (χ3n) is 5.81. The number of amides is 1. The lowest BCUT2D eigenvalue weighted by Crippen LogP contribution is -2.41. The van der Waals surface area contributed by atoms with Gasteiger partial charge in [0.1, 0.15) is 0 Å². The number of nitrogens with one attached hydrogen (secondary N) is 1. The fourth-order valence-corrected chi connectivity index (χ4v) is 5.49. The number of fused-ring (bicyclic) bond motifs is 1. The maximum atomic E-state index is 13.0. The number of nitrogens with zero attached hydrogens (tertiary/aromatic N) is 4. The average molecular weight is 496 g/mol. The highest BCUT2D eigenvalue weighted by molar-refractivity contribution is 7.89. The minimum Gasteiger partial charge on any atom is -0.324 e. The van der Waals surface area contributed by atoms with Crippen molar-refractivity contribution >= 4 is 32.7 Å². The van der Waals surface area contributed by atoms with E-state index in [0.29, 0.717) is 17.4 Å². The lowest BCUT2D eigenvalue weighted by molar-refractivity contribution is -0.137. The van der Waals surface area contributed by atoms with Crippen LogP contribution in [0.15, 0.2) is 47.6 Å². The van der Waals surface area contributed by atoms with Crippen LogP contribution in [0, 0.1) is 5.92 Å². The first kappa shape index (κ1) is 24.1. The zero-order valence-corrected chi connectivity index (χ0v) is 19.4. The van der Waals surface area contributed by atoms with Crippen LogP contribution >= 0.6 is 0 Å². The van der Waals surface area contributed by atoms with Crippen molar-refractivity contribution < 1.29 is 26.4 Å². The topological polar surface area (TPSA) is 97.2 Å². The van der Waals surface area contributed by atoms with Crippen molar-refractivity contribution in [2.24, 2.45) is 5.92 Å². The molecule has 0 spiro atoms. The summed E-state index contributed by atoms with van der Waals surface area (Å²) in [6.07, 6.45) is -0.902. The van der Waals surface area contributed by atoms with Gasteiger partial charge in [-0.25, -0.2) is 18.1 Å². The van der Waals surface area contributed by atoms with Gasteiger partial charge in [0, 0.05) is 30.4 Å². The van der Waals surface area contributed by atoms with E-state index >= 15 is 0 Å². The standard InChI is InChI=1S/C22H24F3N5O3S/c1-14(2)30-20-16(12-27-30)10-18(13-26-20)28-21(31)15-6-8-29(9-7-15)34(32,33)19-5-3-4-17(11-19)22(23,24)25/h3-5,10-15H,6-9H2,1-2H3,(H,28,31). The predicted octanol–water partition coefficient (Wildman–Crippen LogP) is 4.07. The lowest BCUT2D eigenvalue weighted by Gasteiger charge is -2.30. The van der Waals surface area contributed by atoms with Gasteiger partial charge in [0.2, 0.25) is 15.9 Å². The van der Waals surface area contributed by atoms with Crippen molar-refractivity contribution in [2.45, 2.75) is 43.8 Å². The maximum Gasteiger partial charge on any atom is 0.416 e. The molecule has 4 rings (SSSR count). The van der Waals surface area contributed by atoms with E-state index in [0.717, 1.165) is 27.9 Å². The van der Waals surface area contributed by atoms with E-state index in [1.807, 2.05) is 13.8 Å². The number of aromatic nitrogens is 3. The molecule has 1 aromatic carbocycles. The molecule has 0 bridgehead atoms. The van der Waals surface area contributed by atoms with Crippen molar-refractivity contribution in [3.63, 3.8) is 0 Å². The molecule has 0 aliphatic carbocycles. The number of piperidine rings is 1. The Bertz CT molecular complexity index is 1310.